The summed E-state index contributed by atoms with van der Waals surface area (Å²) in [6.45, 7) is 11.4. The van der Waals surface area contributed by atoms with Crippen molar-refractivity contribution >= 4 is 68.8 Å². The van der Waals surface area contributed by atoms with E-state index in [-0.39, 0.29) is 58.4 Å². The number of benzene rings is 2. The second kappa shape index (κ2) is 13.7. The standard InChI is InChI=1S/C40H44Cl2FN5O3S/c1-22-17-29(47(20-22)37(49)40(5)13-14-40)30-19-27-35(48(30)24-12-16-46(21-24)38(50)51-39(2,3)4)26-18-23(9-8-15-44)31(25-10-7-11-28(41)32(25)42)33(43)34(26)45-36(27)52-6/h7,10-11,18-19,22,24,29H,8-9,12-14,16-17,20-21H2,1-6H3. The quantitative estimate of drug-likeness (QED) is 0.174. The van der Waals surface area contributed by atoms with Crippen molar-refractivity contribution < 1.29 is 18.7 Å². The lowest BCUT2D eigenvalue weighted by atomic mass is 9.93. The van der Waals surface area contributed by atoms with Crippen molar-refractivity contribution in [2.24, 2.45) is 11.3 Å². The SMILES string of the molecule is CSc1nc2c(F)c(-c3cccc(Cl)c3Cl)c(CCC#N)cc2c2c1cc(C1CC(C)CN1C(=O)C1(C)CC1)n2C1CCN(C(=O)OC(C)(C)C)C1. The number of pyridine rings is 1. The molecule has 3 atom stereocenters. The number of thioether (sulfide) groups is 1. The Morgan fingerprint density at radius 1 is 1.17 bits per heavy atom. The number of aryl methyl sites for hydroxylation is 1. The zero-order valence-corrected chi connectivity index (χ0v) is 32.8. The summed E-state index contributed by atoms with van der Waals surface area (Å²) in [4.78, 5) is 36.2. The van der Waals surface area contributed by atoms with E-state index in [9.17, 15) is 14.9 Å². The van der Waals surface area contributed by atoms with Crippen molar-refractivity contribution in [2.45, 2.75) is 95.9 Å². The Kier molecular flexibility index (Phi) is 9.71. The van der Waals surface area contributed by atoms with Crippen LogP contribution in [0.3, 0.4) is 0 Å². The summed E-state index contributed by atoms with van der Waals surface area (Å²) in [6.07, 6.45) is 5.24. The van der Waals surface area contributed by atoms with Gasteiger partial charge in [-0.3, -0.25) is 4.79 Å². The fourth-order valence-electron chi connectivity index (χ4n) is 8.05. The Balaban J connectivity index is 1.50. The number of carbonyl (C=O) groups excluding carboxylic acids is 2. The van der Waals surface area contributed by atoms with E-state index in [1.54, 1.807) is 23.1 Å². The number of amides is 2. The molecule has 0 bridgehead atoms. The van der Waals surface area contributed by atoms with Crippen LogP contribution in [-0.4, -0.2) is 62.8 Å². The Bertz CT molecular complexity index is 2150. The first-order valence-electron chi connectivity index (χ1n) is 18.0. The molecule has 7 rings (SSSR count). The number of nitrogens with zero attached hydrogens (tertiary/aromatic N) is 5. The van der Waals surface area contributed by atoms with Crippen LogP contribution < -0.4 is 0 Å². The zero-order valence-electron chi connectivity index (χ0n) is 30.5. The second-order valence-corrected chi connectivity index (χ2v) is 17.5. The zero-order chi connectivity index (χ0) is 37.3. The summed E-state index contributed by atoms with van der Waals surface area (Å²) in [5, 5.41) is 12.3. The largest absolute Gasteiger partial charge is 0.444 e. The van der Waals surface area contributed by atoms with Crippen LogP contribution in [-0.2, 0) is 16.0 Å². The van der Waals surface area contributed by atoms with Gasteiger partial charge in [-0.05, 0) is 88.8 Å². The number of fused-ring (bicyclic) bond motifs is 3. The van der Waals surface area contributed by atoms with Crippen LogP contribution in [0.15, 0.2) is 35.4 Å². The van der Waals surface area contributed by atoms with Crippen LogP contribution in [0.1, 0.15) is 90.1 Å². The highest BCUT2D eigenvalue weighted by atomic mass is 35.5. The van der Waals surface area contributed by atoms with Gasteiger partial charge in [-0.15, -0.1) is 11.8 Å². The van der Waals surface area contributed by atoms with E-state index >= 15 is 4.39 Å². The van der Waals surface area contributed by atoms with Crippen LogP contribution >= 0.6 is 35.0 Å². The topological polar surface area (TPSA) is 91.5 Å². The predicted molar refractivity (Wildman–Crippen MR) is 205 cm³/mol. The number of halogens is 3. The first kappa shape index (κ1) is 36.8. The van der Waals surface area contributed by atoms with Crippen LogP contribution in [0.4, 0.5) is 9.18 Å². The fourth-order valence-corrected chi connectivity index (χ4v) is 9.00. The lowest BCUT2D eigenvalue weighted by Gasteiger charge is -2.30. The number of nitriles is 1. The summed E-state index contributed by atoms with van der Waals surface area (Å²) in [5.41, 5.74) is 2.34. The van der Waals surface area contributed by atoms with Crippen molar-refractivity contribution in [1.82, 2.24) is 19.4 Å². The molecule has 274 valence electrons. The van der Waals surface area contributed by atoms with E-state index < -0.39 is 11.4 Å². The molecular weight excluding hydrogens is 720 g/mol. The summed E-state index contributed by atoms with van der Waals surface area (Å²) < 4.78 is 25.4. The molecule has 1 aliphatic carbocycles. The molecule has 3 unspecified atom stereocenters. The van der Waals surface area contributed by atoms with Gasteiger partial charge in [0.25, 0.3) is 0 Å². The first-order valence-corrected chi connectivity index (χ1v) is 20.0. The van der Waals surface area contributed by atoms with Crippen LogP contribution in [0.25, 0.3) is 32.9 Å². The number of carbonyl (C=O) groups is 2. The molecule has 0 N–H and O–H groups in total. The normalized spacial score (nSPS) is 21.3. The Morgan fingerprint density at radius 2 is 1.92 bits per heavy atom. The highest BCUT2D eigenvalue weighted by molar-refractivity contribution is 7.98. The highest BCUT2D eigenvalue weighted by Crippen LogP contribution is 2.51. The maximum Gasteiger partial charge on any atom is 0.410 e. The minimum Gasteiger partial charge on any atom is -0.444 e. The van der Waals surface area contributed by atoms with Crippen molar-refractivity contribution in [2.75, 3.05) is 25.9 Å². The van der Waals surface area contributed by atoms with E-state index in [2.05, 4.69) is 35.5 Å². The Hall–Kier alpha value is -3.52. The lowest BCUT2D eigenvalue weighted by Crippen LogP contribution is -2.37. The third-order valence-corrected chi connectivity index (χ3v) is 12.3. The third-order valence-electron chi connectivity index (χ3n) is 10.8. The van der Waals surface area contributed by atoms with Gasteiger partial charge in [-0.2, -0.15) is 5.26 Å². The molecule has 3 aliphatic rings. The van der Waals surface area contributed by atoms with Crippen LogP contribution in [0, 0.1) is 28.5 Å². The molecule has 12 heteroatoms. The monoisotopic (exact) mass is 763 g/mol. The maximum absolute atomic E-state index is 17.3. The number of likely N-dealkylation sites (tertiary alicyclic amines) is 2. The molecule has 8 nitrogen and oxygen atoms in total. The van der Waals surface area contributed by atoms with Gasteiger partial charge in [0.15, 0.2) is 5.82 Å². The number of ether oxygens (including phenoxy) is 1. The van der Waals surface area contributed by atoms with E-state index in [1.165, 1.54) is 11.8 Å². The highest BCUT2D eigenvalue weighted by Gasteiger charge is 2.51. The molecule has 2 saturated heterocycles. The van der Waals surface area contributed by atoms with E-state index in [0.717, 1.165) is 35.9 Å². The fraction of sp³-hybridized carbons (Fsp3) is 0.500. The molecule has 1 saturated carbocycles. The maximum atomic E-state index is 17.3. The van der Waals surface area contributed by atoms with Crippen LogP contribution in [0.2, 0.25) is 10.0 Å². The molecule has 2 aromatic heterocycles. The summed E-state index contributed by atoms with van der Waals surface area (Å²) in [6, 6.07) is 11.1. The Labute approximate surface area is 318 Å². The minimum atomic E-state index is -0.643. The molecule has 2 amide bonds. The Morgan fingerprint density at radius 3 is 2.60 bits per heavy atom. The van der Waals surface area contributed by atoms with Gasteiger partial charge in [0.2, 0.25) is 5.91 Å². The van der Waals surface area contributed by atoms with Gasteiger partial charge in [0.1, 0.15) is 16.1 Å². The van der Waals surface area contributed by atoms with Gasteiger partial charge >= 0.3 is 6.09 Å². The number of rotatable bonds is 7. The number of aromatic nitrogens is 2. The molecule has 4 heterocycles. The second-order valence-electron chi connectivity index (χ2n) is 15.9. The van der Waals surface area contributed by atoms with Crippen LogP contribution in [0.5, 0.6) is 0 Å². The predicted octanol–water partition coefficient (Wildman–Crippen LogP) is 10.4. The average molecular weight is 765 g/mol. The summed E-state index contributed by atoms with van der Waals surface area (Å²) in [7, 11) is 0. The van der Waals surface area contributed by atoms with Crippen molar-refractivity contribution in [3.05, 3.63) is 57.5 Å². The molecule has 4 aromatic rings. The van der Waals surface area contributed by atoms with Gasteiger partial charge in [-0.1, -0.05) is 49.2 Å². The van der Waals surface area contributed by atoms with E-state index in [4.69, 9.17) is 32.9 Å². The van der Waals surface area contributed by atoms with Crippen molar-refractivity contribution in [1.29, 1.82) is 5.26 Å². The van der Waals surface area contributed by atoms with Gasteiger partial charge in [0.05, 0.1) is 33.7 Å². The minimum absolute atomic E-state index is 0.169. The van der Waals surface area contributed by atoms with Gasteiger partial charge < -0.3 is 19.1 Å². The van der Waals surface area contributed by atoms with Gasteiger partial charge in [0, 0.05) is 59.1 Å². The molecule has 2 aromatic carbocycles. The first-order chi connectivity index (χ1) is 24.7. The van der Waals surface area contributed by atoms with Crippen molar-refractivity contribution in [3.63, 3.8) is 0 Å². The number of hydrogen-bond acceptors (Lipinski definition) is 6. The van der Waals surface area contributed by atoms with E-state index in [1.807, 2.05) is 33.1 Å². The average Bonchev–Trinajstić information content (AvgIpc) is 3.42. The van der Waals surface area contributed by atoms with E-state index in [0.29, 0.717) is 58.5 Å². The smallest absolute Gasteiger partial charge is 0.410 e. The molecule has 52 heavy (non-hydrogen) atoms. The summed E-state index contributed by atoms with van der Waals surface area (Å²) in [5.74, 6) is -0.0585. The van der Waals surface area contributed by atoms with Gasteiger partial charge in [-0.25, -0.2) is 14.2 Å². The molecule has 0 spiro atoms. The molecular formula is C40H44Cl2FN5O3S. The number of hydrogen-bond donors (Lipinski definition) is 0. The molecule has 3 fully saturated rings. The molecule has 0 radical (unpaired) electrons. The van der Waals surface area contributed by atoms with Crippen molar-refractivity contribution in [3.8, 4) is 17.2 Å². The molecule has 2 aliphatic heterocycles. The third kappa shape index (κ3) is 6.51. The lowest BCUT2D eigenvalue weighted by molar-refractivity contribution is -0.137. The summed E-state index contributed by atoms with van der Waals surface area (Å²) >= 11 is 14.6.